The molecule has 0 aliphatic rings. The van der Waals surface area contributed by atoms with E-state index in [1.165, 1.54) is 11.1 Å². The van der Waals surface area contributed by atoms with Gasteiger partial charge in [0.1, 0.15) is 5.75 Å². The molecule has 2 atom stereocenters. The fraction of sp³-hybridized carbons (Fsp3) is 0.409. The Bertz CT molecular complexity index is 666. The third-order valence-electron chi connectivity index (χ3n) is 4.61. The first-order chi connectivity index (χ1) is 12.5. The summed E-state index contributed by atoms with van der Waals surface area (Å²) in [7, 11) is 0. The molecule has 2 rings (SSSR count). The van der Waals surface area contributed by atoms with Gasteiger partial charge in [-0.2, -0.15) is 0 Å². The van der Waals surface area contributed by atoms with Crippen LogP contribution in [0.1, 0.15) is 37.9 Å². The summed E-state index contributed by atoms with van der Waals surface area (Å²) < 4.78 is 5.76. The number of hydrogen-bond acceptors (Lipinski definition) is 3. The topological polar surface area (TPSA) is 41.6 Å². The van der Waals surface area contributed by atoms with Gasteiger partial charge in [0.25, 0.3) is 5.91 Å². The summed E-state index contributed by atoms with van der Waals surface area (Å²) in [6.07, 6.45) is -0.536. The molecule has 0 fully saturated rings. The van der Waals surface area contributed by atoms with E-state index in [0.29, 0.717) is 12.3 Å². The molecule has 0 aromatic heterocycles. The average Bonchev–Trinajstić information content (AvgIpc) is 2.67. The minimum atomic E-state index is -0.536. The third kappa shape index (κ3) is 5.60. The lowest BCUT2D eigenvalue weighted by atomic mass is 10.0. The number of hydrogen-bond donors (Lipinski definition) is 1. The van der Waals surface area contributed by atoms with Crippen LogP contribution in [-0.4, -0.2) is 36.5 Å². The van der Waals surface area contributed by atoms with Crippen molar-refractivity contribution in [2.75, 3.05) is 19.6 Å². The van der Waals surface area contributed by atoms with Crippen LogP contribution in [0.25, 0.3) is 0 Å². The number of aryl methyl sites for hydroxylation is 1. The van der Waals surface area contributed by atoms with Crippen LogP contribution in [-0.2, 0) is 4.79 Å². The van der Waals surface area contributed by atoms with E-state index in [-0.39, 0.29) is 11.9 Å². The Balaban J connectivity index is 1.98. The highest BCUT2D eigenvalue weighted by molar-refractivity contribution is 5.80. The molecule has 4 nitrogen and oxygen atoms in total. The third-order valence-corrected chi connectivity index (χ3v) is 4.61. The van der Waals surface area contributed by atoms with Gasteiger partial charge in [-0.1, -0.05) is 61.9 Å². The summed E-state index contributed by atoms with van der Waals surface area (Å²) in [5.41, 5.74) is 2.38. The summed E-state index contributed by atoms with van der Waals surface area (Å²) in [6.45, 7) is 10.5. The second-order valence-electron chi connectivity index (χ2n) is 6.47. The molecule has 0 spiro atoms. The van der Waals surface area contributed by atoms with Gasteiger partial charge in [-0.05, 0) is 44.6 Å². The van der Waals surface area contributed by atoms with Crippen molar-refractivity contribution in [2.24, 2.45) is 0 Å². The first-order valence-corrected chi connectivity index (χ1v) is 9.35. The molecule has 0 bridgehead atoms. The number of ether oxygens (including phenoxy) is 1. The van der Waals surface area contributed by atoms with Gasteiger partial charge in [0.2, 0.25) is 0 Å². The molecule has 140 valence electrons. The Morgan fingerprint density at radius 1 is 1.04 bits per heavy atom. The summed E-state index contributed by atoms with van der Waals surface area (Å²) >= 11 is 0. The molecular formula is C22H30N2O2. The van der Waals surface area contributed by atoms with Crippen molar-refractivity contribution in [1.29, 1.82) is 0 Å². The second-order valence-corrected chi connectivity index (χ2v) is 6.47. The highest BCUT2D eigenvalue weighted by Crippen LogP contribution is 2.19. The first-order valence-electron chi connectivity index (χ1n) is 9.35. The zero-order valence-electron chi connectivity index (χ0n) is 16.2. The van der Waals surface area contributed by atoms with E-state index < -0.39 is 6.10 Å². The predicted molar refractivity (Wildman–Crippen MR) is 106 cm³/mol. The van der Waals surface area contributed by atoms with Crippen LogP contribution < -0.4 is 10.1 Å². The Hall–Kier alpha value is -2.33. The van der Waals surface area contributed by atoms with Crippen molar-refractivity contribution in [3.05, 3.63) is 65.7 Å². The fourth-order valence-electron chi connectivity index (χ4n) is 3.01. The standard InChI is InChI=1S/C22H30N2O2/c1-5-24(6-2)21(19-10-8-7-9-11-19)16-23-22(25)18(4)26-20-14-12-17(3)13-15-20/h7-15,18,21H,5-6,16H2,1-4H3,(H,23,25). The Morgan fingerprint density at radius 2 is 1.65 bits per heavy atom. The lowest BCUT2D eigenvalue weighted by Gasteiger charge is -2.30. The maximum Gasteiger partial charge on any atom is 0.260 e. The molecule has 0 heterocycles. The van der Waals surface area contributed by atoms with Crippen molar-refractivity contribution < 1.29 is 9.53 Å². The van der Waals surface area contributed by atoms with Crippen LogP contribution in [0.5, 0.6) is 5.75 Å². The Labute approximate surface area is 157 Å². The summed E-state index contributed by atoms with van der Waals surface area (Å²) in [5.74, 6) is 0.611. The monoisotopic (exact) mass is 354 g/mol. The number of carbonyl (C=O) groups is 1. The molecule has 2 unspecified atom stereocenters. The fourth-order valence-corrected chi connectivity index (χ4v) is 3.01. The molecule has 0 aliphatic heterocycles. The van der Waals surface area contributed by atoms with E-state index in [4.69, 9.17) is 4.74 Å². The summed E-state index contributed by atoms with van der Waals surface area (Å²) in [4.78, 5) is 14.8. The summed E-state index contributed by atoms with van der Waals surface area (Å²) in [6, 6.07) is 18.2. The lowest BCUT2D eigenvalue weighted by Crippen LogP contribution is -2.42. The Kier molecular flexibility index (Phi) is 7.67. The lowest BCUT2D eigenvalue weighted by molar-refractivity contribution is -0.127. The van der Waals surface area contributed by atoms with Gasteiger partial charge in [0.15, 0.2) is 6.10 Å². The number of likely N-dealkylation sites (N-methyl/N-ethyl adjacent to an activating group) is 1. The van der Waals surface area contributed by atoms with E-state index in [0.717, 1.165) is 13.1 Å². The molecule has 2 aromatic carbocycles. The van der Waals surface area contributed by atoms with Crippen LogP contribution >= 0.6 is 0 Å². The van der Waals surface area contributed by atoms with Crippen LogP contribution in [0.15, 0.2) is 54.6 Å². The van der Waals surface area contributed by atoms with Crippen LogP contribution in [0.3, 0.4) is 0 Å². The van der Waals surface area contributed by atoms with Gasteiger partial charge in [-0.25, -0.2) is 0 Å². The van der Waals surface area contributed by atoms with Gasteiger partial charge in [0.05, 0.1) is 6.04 Å². The van der Waals surface area contributed by atoms with Crippen LogP contribution in [0.2, 0.25) is 0 Å². The van der Waals surface area contributed by atoms with Crippen LogP contribution in [0, 0.1) is 6.92 Å². The molecule has 2 aromatic rings. The number of carbonyl (C=O) groups excluding carboxylic acids is 1. The zero-order chi connectivity index (χ0) is 18.9. The molecule has 0 radical (unpaired) electrons. The SMILES string of the molecule is CCN(CC)C(CNC(=O)C(C)Oc1ccc(C)cc1)c1ccccc1. The Morgan fingerprint density at radius 3 is 2.23 bits per heavy atom. The number of rotatable bonds is 9. The molecule has 4 heteroatoms. The number of benzene rings is 2. The number of amides is 1. The largest absolute Gasteiger partial charge is 0.481 e. The van der Waals surface area contributed by atoms with Crippen molar-refractivity contribution in [1.82, 2.24) is 10.2 Å². The van der Waals surface area contributed by atoms with E-state index in [2.05, 4.69) is 36.2 Å². The van der Waals surface area contributed by atoms with Crippen LogP contribution in [0.4, 0.5) is 0 Å². The smallest absolute Gasteiger partial charge is 0.260 e. The zero-order valence-corrected chi connectivity index (χ0v) is 16.2. The minimum absolute atomic E-state index is 0.0985. The van der Waals surface area contributed by atoms with Gasteiger partial charge >= 0.3 is 0 Å². The van der Waals surface area contributed by atoms with Crippen molar-refractivity contribution in [2.45, 2.75) is 39.8 Å². The molecular weight excluding hydrogens is 324 g/mol. The molecule has 26 heavy (non-hydrogen) atoms. The molecule has 1 amide bonds. The van der Waals surface area contributed by atoms with E-state index in [9.17, 15) is 4.79 Å². The first kappa shape index (κ1) is 20.0. The maximum absolute atomic E-state index is 12.5. The maximum atomic E-state index is 12.5. The van der Waals surface area contributed by atoms with Gasteiger partial charge < -0.3 is 10.1 Å². The quantitative estimate of drug-likeness (QED) is 0.741. The van der Waals surface area contributed by atoms with Gasteiger partial charge in [0, 0.05) is 6.54 Å². The van der Waals surface area contributed by atoms with Crippen molar-refractivity contribution >= 4 is 5.91 Å². The highest BCUT2D eigenvalue weighted by Gasteiger charge is 2.21. The highest BCUT2D eigenvalue weighted by atomic mass is 16.5. The normalized spacial score (nSPS) is 13.3. The number of nitrogens with zero attached hydrogens (tertiary/aromatic N) is 1. The summed E-state index contributed by atoms with van der Waals surface area (Å²) in [5, 5.41) is 3.06. The molecule has 0 saturated heterocycles. The van der Waals surface area contributed by atoms with E-state index >= 15 is 0 Å². The van der Waals surface area contributed by atoms with Gasteiger partial charge in [-0.15, -0.1) is 0 Å². The minimum Gasteiger partial charge on any atom is -0.481 e. The van der Waals surface area contributed by atoms with E-state index in [1.807, 2.05) is 49.4 Å². The van der Waals surface area contributed by atoms with Crippen molar-refractivity contribution in [3.63, 3.8) is 0 Å². The molecule has 1 N–H and O–H groups in total. The average molecular weight is 354 g/mol. The predicted octanol–water partition coefficient (Wildman–Crippen LogP) is 3.96. The molecule has 0 aliphatic carbocycles. The second kappa shape index (κ2) is 9.97. The van der Waals surface area contributed by atoms with E-state index in [1.54, 1.807) is 6.92 Å². The number of nitrogens with one attached hydrogen (secondary N) is 1. The van der Waals surface area contributed by atoms with Crippen molar-refractivity contribution in [3.8, 4) is 5.75 Å². The molecule has 0 saturated carbocycles. The van der Waals surface area contributed by atoms with Gasteiger partial charge in [-0.3, -0.25) is 9.69 Å².